The van der Waals surface area contributed by atoms with E-state index in [1.165, 1.54) is 0 Å². The zero-order valence-electron chi connectivity index (χ0n) is 11.0. The minimum atomic E-state index is -1.43. The van der Waals surface area contributed by atoms with Gasteiger partial charge in [-0.3, -0.25) is 25.1 Å². The van der Waals surface area contributed by atoms with Crippen LogP contribution in [0.25, 0.3) is 0 Å². The summed E-state index contributed by atoms with van der Waals surface area (Å²) in [5.41, 5.74) is -1.75. The van der Waals surface area contributed by atoms with Crippen molar-refractivity contribution in [3.8, 4) is 0 Å². The van der Waals surface area contributed by atoms with Gasteiger partial charge in [0, 0.05) is 23.8 Å². The predicted molar refractivity (Wildman–Crippen MR) is 65.0 cm³/mol. The van der Waals surface area contributed by atoms with Crippen molar-refractivity contribution in [2.75, 3.05) is 33.4 Å². The van der Waals surface area contributed by atoms with Gasteiger partial charge in [0.25, 0.3) is 11.3 Å². The highest BCUT2D eigenvalue weighted by Crippen LogP contribution is 2.48. The number of hydrogen-bond donors (Lipinski definition) is 0. The summed E-state index contributed by atoms with van der Waals surface area (Å²) in [6.07, 6.45) is 1.33. The molecule has 2 heterocycles. The largest absolute Gasteiger partial charge is 0.338 e. The Kier molecular flexibility index (Phi) is 2.82. The Morgan fingerprint density at radius 3 is 2.55 bits per heavy atom. The van der Waals surface area contributed by atoms with Crippen LogP contribution in [0.2, 0.25) is 0 Å². The summed E-state index contributed by atoms with van der Waals surface area (Å²) in [7, 11) is 1.76. The van der Waals surface area contributed by atoms with Crippen molar-refractivity contribution in [3.05, 3.63) is 32.0 Å². The van der Waals surface area contributed by atoms with Crippen LogP contribution in [-0.2, 0) is 9.47 Å². The molecule has 3 rings (SSSR count). The van der Waals surface area contributed by atoms with Gasteiger partial charge in [-0.15, -0.1) is 0 Å². The zero-order valence-corrected chi connectivity index (χ0v) is 11.0. The highest BCUT2D eigenvalue weighted by atomic mass is 16.7. The molecule has 3 aliphatic rings. The molecule has 0 N–H and O–H groups in total. The van der Waals surface area contributed by atoms with E-state index < -0.39 is 27.1 Å². The molecule has 0 amide bonds. The summed E-state index contributed by atoms with van der Waals surface area (Å²) in [6.45, 7) is 1.15. The highest BCUT2D eigenvalue weighted by Gasteiger charge is 2.66. The van der Waals surface area contributed by atoms with Crippen LogP contribution in [0.3, 0.4) is 0 Å². The molecule has 1 aliphatic carbocycles. The van der Waals surface area contributed by atoms with Crippen LogP contribution in [0.5, 0.6) is 0 Å². The van der Waals surface area contributed by atoms with Gasteiger partial charge in [0.2, 0.25) is 0 Å². The summed E-state index contributed by atoms with van der Waals surface area (Å²) >= 11 is 0. The number of nitrogens with zero attached hydrogens (tertiary/aromatic N) is 3. The lowest BCUT2D eigenvalue weighted by Crippen LogP contribution is -2.63. The van der Waals surface area contributed by atoms with Gasteiger partial charge in [-0.25, -0.2) is 0 Å². The van der Waals surface area contributed by atoms with Gasteiger partial charge in [-0.05, 0) is 7.05 Å². The second kappa shape index (κ2) is 4.21. The van der Waals surface area contributed by atoms with Gasteiger partial charge in [0.15, 0.2) is 0 Å². The Morgan fingerprint density at radius 2 is 2.00 bits per heavy atom. The van der Waals surface area contributed by atoms with Crippen molar-refractivity contribution in [2.45, 2.75) is 17.7 Å². The normalized spacial score (nSPS) is 35.9. The maximum absolute atomic E-state index is 11.4. The first kappa shape index (κ1) is 13.4. The zero-order chi connectivity index (χ0) is 14.5. The number of hydrogen-bond acceptors (Lipinski definition) is 7. The van der Waals surface area contributed by atoms with E-state index >= 15 is 0 Å². The first-order valence-electron chi connectivity index (χ1n) is 6.38. The van der Waals surface area contributed by atoms with Crippen LogP contribution in [-0.4, -0.2) is 59.4 Å². The van der Waals surface area contributed by atoms with Crippen molar-refractivity contribution in [1.82, 2.24) is 4.90 Å². The van der Waals surface area contributed by atoms with E-state index in [0.717, 1.165) is 6.08 Å². The third kappa shape index (κ3) is 1.67. The Bertz CT molecular complexity index is 500. The first-order valence-corrected chi connectivity index (χ1v) is 6.38. The maximum atomic E-state index is 11.4. The van der Waals surface area contributed by atoms with E-state index in [0.29, 0.717) is 6.54 Å². The predicted octanol–water partition coefficient (Wildman–Crippen LogP) is -0.129. The average molecular weight is 285 g/mol. The van der Waals surface area contributed by atoms with Crippen LogP contribution in [0.4, 0.5) is 0 Å². The van der Waals surface area contributed by atoms with E-state index in [4.69, 9.17) is 9.47 Å². The molecular weight excluding hydrogens is 270 g/mol. The Labute approximate surface area is 114 Å². The number of ether oxygens (including phenoxy) is 2. The Balaban J connectivity index is 2.15. The number of likely N-dealkylation sites (tertiary alicyclic amines) is 1. The first-order chi connectivity index (χ1) is 9.40. The summed E-state index contributed by atoms with van der Waals surface area (Å²) in [4.78, 5) is 23.5. The van der Waals surface area contributed by atoms with E-state index in [1.54, 1.807) is 11.9 Å². The van der Waals surface area contributed by atoms with Gasteiger partial charge in [0.1, 0.15) is 0 Å². The smallest absolute Gasteiger partial charge is 0.308 e. The molecule has 0 saturated carbocycles. The summed E-state index contributed by atoms with van der Waals surface area (Å²) in [5, 5.41) is 22.8. The monoisotopic (exact) mass is 285 g/mol. The molecule has 2 saturated heterocycles. The fraction of sp³-hybridized carbons (Fsp3) is 0.818. The van der Waals surface area contributed by atoms with E-state index in [1.807, 2.05) is 0 Å². The lowest BCUT2D eigenvalue weighted by Gasteiger charge is -2.45. The summed E-state index contributed by atoms with van der Waals surface area (Å²) < 4.78 is 11.1. The molecule has 2 bridgehead atoms. The second-order valence-corrected chi connectivity index (χ2v) is 5.61. The van der Waals surface area contributed by atoms with Crippen LogP contribution in [0.15, 0.2) is 11.8 Å². The number of nitro groups is 2. The topological polar surface area (TPSA) is 108 Å². The third-order valence-corrected chi connectivity index (χ3v) is 4.25. The maximum Gasteiger partial charge on any atom is 0.308 e. The quantitative estimate of drug-likeness (QED) is 0.513. The van der Waals surface area contributed by atoms with E-state index in [2.05, 4.69) is 0 Å². The Morgan fingerprint density at radius 1 is 1.35 bits per heavy atom. The van der Waals surface area contributed by atoms with Crippen LogP contribution >= 0.6 is 0 Å². The van der Waals surface area contributed by atoms with Gasteiger partial charge < -0.3 is 9.47 Å². The molecule has 0 aromatic heterocycles. The lowest BCUT2D eigenvalue weighted by atomic mass is 9.72. The van der Waals surface area contributed by atoms with Crippen molar-refractivity contribution < 1.29 is 19.3 Å². The highest BCUT2D eigenvalue weighted by molar-refractivity contribution is 5.24. The minimum absolute atomic E-state index is 0.157. The second-order valence-electron chi connectivity index (χ2n) is 5.61. The minimum Gasteiger partial charge on any atom is -0.338 e. The standard InChI is InChI=1S/C11H15N3O6/c1-12-6-8-4-10(7-12,14(17)18)5-9(13(15)16)11(8)19-2-3-20-11/h5,8H,2-4,6-7H2,1H3. The van der Waals surface area contributed by atoms with Crippen molar-refractivity contribution in [3.63, 3.8) is 0 Å². The fourth-order valence-corrected chi connectivity index (χ4v) is 3.56. The van der Waals surface area contributed by atoms with Crippen molar-refractivity contribution in [1.29, 1.82) is 0 Å². The molecule has 2 unspecified atom stereocenters. The molecular formula is C11H15N3O6. The molecule has 9 nitrogen and oxygen atoms in total. The van der Waals surface area contributed by atoms with Crippen LogP contribution in [0, 0.1) is 26.1 Å². The summed E-state index contributed by atoms with van der Waals surface area (Å²) in [5.74, 6) is -1.85. The van der Waals surface area contributed by atoms with E-state index in [9.17, 15) is 20.2 Å². The molecule has 110 valence electrons. The third-order valence-electron chi connectivity index (χ3n) is 4.25. The van der Waals surface area contributed by atoms with Crippen LogP contribution < -0.4 is 0 Å². The molecule has 0 aromatic carbocycles. The fourth-order valence-electron chi connectivity index (χ4n) is 3.56. The van der Waals surface area contributed by atoms with Crippen molar-refractivity contribution in [2.24, 2.45) is 5.92 Å². The Hall–Kier alpha value is -1.58. The van der Waals surface area contributed by atoms with Gasteiger partial charge in [0.05, 0.1) is 30.8 Å². The molecule has 0 aromatic rings. The number of rotatable bonds is 2. The molecule has 2 atom stereocenters. The molecule has 2 aliphatic heterocycles. The SMILES string of the molecule is CN1CC2CC([N+](=O)[O-])(C=C([N+](=O)[O-])C23OCCO3)C1. The van der Waals surface area contributed by atoms with Gasteiger partial charge in [-0.2, -0.15) is 0 Å². The molecule has 20 heavy (non-hydrogen) atoms. The van der Waals surface area contributed by atoms with Gasteiger partial charge in [-0.1, -0.05) is 0 Å². The molecule has 9 heteroatoms. The molecule has 1 spiro atoms. The van der Waals surface area contributed by atoms with E-state index in [-0.39, 0.29) is 31.9 Å². The number of piperidine rings is 1. The van der Waals surface area contributed by atoms with Gasteiger partial charge >= 0.3 is 5.70 Å². The summed E-state index contributed by atoms with van der Waals surface area (Å²) in [6, 6.07) is 0. The van der Waals surface area contributed by atoms with Crippen LogP contribution in [0.1, 0.15) is 6.42 Å². The van der Waals surface area contributed by atoms with Crippen molar-refractivity contribution >= 4 is 0 Å². The lowest BCUT2D eigenvalue weighted by molar-refractivity contribution is -0.571. The average Bonchev–Trinajstić information content (AvgIpc) is 2.83. The number of likely N-dealkylation sites (N-methyl/N-ethyl adjacent to an activating group) is 1. The molecule has 2 fully saturated rings. The molecule has 0 radical (unpaired) electrons. The number of fused-ring (bicyclic) bond motifs is 3.